The number of likely N-dealkylation sites (tertiary alicyclic amines) is 1. The molecule has 0 radical (unpaired) electrons. The van der Waals surface area contributed by atoms with Crippen LogP contribution >= 0.6 is 0 Å². The van der Waals surface area contributed by atoms with E-state index >= 15 is 0 Å². The molecule has 0 unspecified atom stereocenters. The van der Waals surface area contributed by atoms with Gasteiger partial charge in [0.2, 0.25) is 0 Å². The van der Waals surface area contributed by atoms with Crippen molar-refractivity contribution in [3.63, 3.8) is 0 Å². The fraction of sp³-hybridized carbons (Fsp3) is 0.529. The van der Waals surface area contributed by atoms with Crippen molar-refractivity contribution in [2.24, 2.45) is 18.9 Å². The first-order valence-electron chi connectivity index (χ1n) is 8.05. The quantitative estimate of drug-likeness (QED) is 0.867. The van der Waals surface area contributed by atoms with Crippen LogP contribution in [0.4, 0.5) is 0 Å². The van der Waals surface area contributed by atoms with Gasteiger partial charge in [-0.25, -0.2) is 4.98 Å². The van der Waals surface area contributed by atoms with Crippen LogP contribution in [0.1, 0.15) is 18.7 Å². The Morgan fingerprint density at radius 2 is 2.23 bits per heavy atom. The molecule has 0 amide bonds. The first-order chi connectivity index (χ1) is 10.8. The Morgan fingerprint density at radius 3 is 3.00 bits per heavy atom. The van der Waals surface area contributed by atoms with E-state index in [1.54, 1.807) is 6.20 Å². The molecule has 0 aromatic carbocycles. The van der Waals surface area contributed by atoms with Crippen LogP contribution in [0.3, 0.4) is 0 Å². The zero-order valence-corrected chi connectivity index (χ0v) is 12.9. The molecule has 5 heteroatoms. The van der Waals surface area contributed by atoms with Gasteiger partial charge in [0, 0.05) is 44.6 Å². The largest absolute Gasteiger partial charge is 0.488 e. The molecule has 5 nitrogen and oxygen atoms in total. The molecule has 22 heavy (non-hydrogen) atoms. The molecule has 1 saturated carbocycles. The van der Waals surface area contributed by atoms with E-state index in [2.05, 4.69) is 26.5 Å². The molecule has 2 fully saturated rings. The molecule has 0 spiro atoms. The molecule has 2 aliphatic rings. The van der Waals surface area contributed by atoms with Gasteiger partial charge < -0.3 is 9.30 Å². The van der Waals surface area contributed by atoms with E-state index in [9.17, 15) is 0 Å². The number of hydrogen-bond donors (Lipinski definition) is 0. The predicted octanol–water partition coefficient (Wildman–Crippen LogP) is 2.10. The van der Waals surface area contributed by atoms with Crippen LogP contribution in [0.5, 0.6) is 5.75 Å². The summed E-state index contributed by atoms with van der Waals surface area (Å²) in [6, 6.07) is 3.94. The summed E-state index contributed by atoms with van der Waals surface area (Å²) >= 11 is 0. The third-order valence-electron chi connectivity index (χ3n) is 5.07. The first kappa shape index (κ1) is 13.8. The summed E-state index contributed by atoms with van der Waals surface area (Å²) in [4.78, 5) is 11.1. The molecule has 3 atom stereocenters. The third-order valence-corrected chi connectivity index (χ3v) is 5.07. The summed E-state index contributed by atoms with van der Waals surface area (Å²) in [6.45, 7) is 3.23. The zero-order chi connectivity index (χ0) is 14.9. The summed E-state index contributed by atoms with van der Waals surface area (Å²) in [6.07, 6.45) is 10.3. The fourth-order valence-electron chi connectivity index (χ4n) is 3.92. The summed E-state index contributed by atoms with van der Waals surface area (Å²) in [5, 5.41) is 0. The maximum atomic E-state index is 6.19. The molecule has 116 valence electrons. The number of aryl methyl sites for hydroxylation is 1. The molecule has 0 N–H and O–H groups in total. The van der Waals surface area contributed by atoms with E-state index in [0.29, 0.717) is 12.0 Å². The topological polar surface area (TPSA) is 43.2 Å². The van der Waals surface area contributed by atoms with Gasteiger partial charge in [-0.3, -0.25) is 9.88 Å². The molecule has 2 aromatic heterocycles. The number of rotatable bonds is 4. The lowest BCUT2D eigenvalue weighted by atomic mass is 9.99. The maximum absolute atomic E-state index is 6.19. The van der Waals surface area contributed by atoms with Crippen LogP contribution in [0, 0.1) is 11.8 Å². The van der Waals surface area contributed by atoms with Gasteiger partial charge in [0.15, 0.2) is 0 Å². The molecule has 0 bridgehead atoms. The second kappa shape index (κ2) is 5.72. The Kier molecular flexibility index (Phi) is 3.58. The minimum Gasteiger partial charge on any atom is -0.488 e. The number of ether oxygens (including phenoxy) is 1. The smallest absolute Gasteiger partial charge is 0.138 e. The molecular formula is C17H22N4O. The van der Waals surface area contributed by atoms with Crippen molar-refractivity contribution in [2.45, 2.75) is 25.5 Å². The van der Waals surface area contributed by atoms with E-state index < -0.39 is 0 Å². The van der Waals surface area contributed by atoms with Gasteiger partial charge in [-0.15, -0.1) is 0 Å². The molecule has 1 saturated heterocycles. The number of hydrogen-bond acceptors (Lipinski definition) is 4. The Hall–Kier alpha value is -1.88. The van der Waals surface area contributed by atoms with Crippen molar-refractivity contribution in [2.75, 3.05) is 13.1 Å². The highest BCUT2D eigenvalue weighted by molar-refractivity contribution is 5.16. The number of imidazole rings is 1. The average Bonchev–Trinajstić information content (AvgIpc) is 3.20. The SMILES string of the molecule is Cn1ccnc1CN1C[C@H]2CC[C@@H](Oc3cccnc3)[C@H]2C1. The second-order valence-electron chi connectivity index (χ2n) is 6.49. The van der Waals surface area contributed by atoms with Gasteiger partial charge in [0.05, 0.1) is 12.7 Å². The second-order valence-corrected chi connectivity index (χ2v) is 6.49. The van der Waals surface area contributed by atoms with Crippen molar-refractivity contribution in [3.8, 4) is 5.75 Å². The average molecular weight is 298 g/mol. The van der Waals surface area contributed by atoms with E-state index in [0.717, 1.165) is 30.6 Å². The maximum Gasteiger partial charge on any atom is 0.138 e. The van der Waals surface area contributed by atoms with Crippen LogP contribution in [-0.2, 0) is 13.6 Å². The fourth-order valence-corrected chi connectivity index (χ4v) is 3.92. The molecule has 4 rings (SSSR count). The van der Waals surface area contributed by atoms with Crippen molar-refractivity contribution < 1.29 is 4.74 Å². The van der Waals surface area contributed by atoms with Gasteiger partial charge in [-0.1, -0.05) is 0 Å². The van der Waals surface area contributed by atoms with Crippen LogP contribution in [0.2, 0.25) is 0 Å². The lowest BCUT2D eigenvalue weighted by Gasteiger charge is -2.21. The van der Waals surface area contributed by atoms with Crippen LogP contribution in [-0.4, -0.2) is 38.6 Å². The minimum absolute atomic E-state index is 0.334. The normalized spacial score (nSPS) is 28.0. The summed E-state index contributed by atoms with van der Waals surface area (Å²) in [5.74, 6) is 3.45. The summed E-state index contributed by atoms with van der Waals surface area (Å²) < 4.78 is 8.30. The van der Waals surface area contributed by atoms with Gasteiger partial charge in [0.1, 0.15) is 17.7 Å². The van der Waals surface area contributed by atoms with Crippen molar-refractivity contribution >= 4 is 0 Å². The molecule has 3 heterocycles. The van der Waals surface area contributed by atoms with E-state index in [4.69, 9.17) is 4.74 Å². The number of nitrogens with zero attached hydrogens (tertiary/aromatic N) is 4. The number of pyridine rings is 1. The minimum atomic E-state index is 0.334. The lowest BCUT2D eigenvalue weighted by Crippen LogP contribution is -2.28. The first-order valence-corrected chi connectivity index (χ1v) is 8.05. The number of aromatic nitrogens is 3. The molecule has 2 aromatic rings. The van der Waals surface area contributed by atoms with Crippen LogP contribution in [0.15, 0.2) is 36.9 Å². The Morgan fingerprint density at radius 1 is 1.27 bits per heavy atom. The van der Waals surface area contributed by atoms with Gasteiger partial charge >= 0.3 is 0 Å². The van der Waals surface area contributed by atoms with Gasteiger partial charge in [-0.2, -0.15) is 0 Å². The van der Waals surface area contributed by atoms with Gasteiger partial charge in [-0.05, 0) is 30.9 Å². The number of fused-ring (bicyclic) bond motifs is 1. The van der Waals surface area contributed by atoms with E-state index in [1.165, 1.54) is 19.4 Å². The van der Waals surface area contributed by atoms with E-state index in [1.807, 2.05) is 30.7 Å². The molecule has 1 aliphatic carbocycles. The van der Waals surface area contributed by atoms with E-state index in [-0.39, 0.29) is 0 Å². The Labute approximate surface area is 130 Å². The third kappa shape index (κ3) is 2.61. The summed E-state index contributed by atoms with van der Waals surface area (Å²) in [5.41, 5.74) is 0. The summed E-state index contributed by atoms with van der Waals surface area (Å²) in [7, 11) is 2.06. The van der Waals surface area contributed by atoms with Crippen molar-refractivity contribution in [3.05, 3.63) is 42.7 Å². The standard InChI is InChI=1S/C17H22N4O/c1-20-8-7-19-17(20)12-21-10-13-4-5-16(15(13)11-21)22-14-3-2-6-18-9-14/h2-3,6-9,13,15-16H,4-5,10-12H2,1H3/t13-,15+,16-/m1/s1. The molecular weight excluding hydrogens is 276 g/mol. The van der Waals surface area contributed by atoms with Gasteiger partial charge in [0.25, 0.3) is 0 Å². The van der Waals surface area contributed by atoms with Crippen LogP contribution in [0.25, 0.3) is 0 Å². The Bertz CT molecular complexity index is 627. The highest BCUT2D eigenvalue weighted by Crippen LogP contribution is 2.40. The lowest BCUT2D eigenvalue weighted by molar-refractivity contribution is 0.146. The highest BCUT2D eigenvalue weighted by Gasteiger charge is 2.43. The Balaban J connectivity index is 1.40. The molecule has 1 aliphatic heterocycles. The predicted molar refractivity (Wildman–Crippen MR) is 83.4 cm³/mol. The van der Waals surface area contributed by atoms with Crippen molar-refractivity contribution in [1.29, 1.82) is 0 Å². The van der Waals surface area contributed by atoms with Crippen LogP contribution < -0.4 is 4.74 Å². The highest BCUT2D eigenvalue weighted by atomic mass is 16.5. The van der Waals surface area contributed by atoms with Crippen molar-refractivity contribution in [1.82, 2.24) is 19.4 Å². The monoisotopic (exact) mass is 298 g/mol. The zero-order valence-electron chi connectivity index (χ0n) is 12.9.